The van der Waals surface area contributed by atoms with Gasteiger partial charge in [0.25, 0.3) is 11.5 Å². The molecule has 0 radical (unpaired) electrons. The maximum absolute atomic E-state index is 12.7. The maximum atomic E-state index is 12.7. The summed E-state index contributed by atoms with van der Waals surface area (Å²) in [6, 6.07) is 16.3. The first-order valence-electron chi connectivity index (χ1n) is 9.63. The van der Waals surface area contributed by atoms with E-state index in [0.717, 1.165) is 16.6 Å². The number of aromatic nitrogens is 3. The SMILES string of the molecule is CC(C)c1cccc(-n2cc(O)c(C(=O)Nc3ccc4ccc(=O)n(C)c4c3)n2)c1. The fraction of sp³-hybridized carbons (Fsp3) is 0.174. The van der Waals surface area contributed by atoms with Crippen LogP contribution < -0.4 is 10.9 Å². The molecular weight excluding hydrogens is 380 g/mol. The summed E-state index contributed by atoms with van der Waals surface area (Å²) in [5, 5.41) is 18.2. The number of pyridine rings is 1. The molecule has 0 aliphatic carbocycles. The van der Waals surface area contributed by atoms with Gasteiger partial charge in [0.15, 0.2) is 11.4 Å². The second-order valence-corrected chi connectivity index (χ2v) is 7.52. The van der Waals surface area contributed by atoms with Crippen molar-refractivity contribution in [3.8, 4) is 11.4 Å². The van der Waals surface area contributed by atoms with Crippen molar-refractivity contribution in [2.24, 2.45) is 7.05 Å². The number of carbonyl (C=O) groups is 1. The van der Waals surface area contributed by atoms with Gasteiger partial charge in [-0.3, -0.25) is 9.59 Å². The maximum Gasteiger partial charge on any atom is 0.280 e. The molecule has 0 saturated carbocycles. The Morgan fingerprint density at radius 2 is 1.87 bits per heavy atom. The standard InChI is InChI=1S/C23H22N4O3/c1-14(2)16-5-4-6-18(11-16)27-13-20(28)22(25-27)23(30)24-17-9-7-15-8-10-21(29)26(3)19(15)12-17/h4-14,28H,1-3H3,(H,24,30). The molecule has 4 aromatic rings. The van der Waals surface area contributed by atoms with Crippen molar-refractivity contribution in [3.05, 3.63) is 82.4 Å². The van der Waals surface area contributed by atoms with Gasteiger partial charge in [-0.15, -0.1) is 0 Å². The summed E-state index contributed by atoms with van der Waals surface area (Å²) < 4.78 is 3.00. The predicted octanol–water partition coefficient (Wildman–Crippen LogP) is 3.81. The molecule has 2 N–H and O–H groups in total. The average Bonchev–Trinajstić information content (AvgIpc) is 3.13. The van der Waals surface area contributed by atoms with Gasteiger partial charge in [0.2, 0.25) is 0 Å². The zero-order valence-corrected chi connectivity index (χ0v) is 17.0. The molecule has 0 spiro atoms. The molecule has 2 aromatic carbocycles. The van der Waals surface area contributed by atoms with Crippen molar-refractivity contribution < 1.29 is 9.90 Å². The number of aromatic hydroxyl groups is 1. The fourth-order valence-corrected chi connectivity index (χ4v) is 3.32. The third-order valence-corrected chi connectivity index (χ3v) is 5.10. The van der Waals surface area contributed by atoms with Crippen LogP contribution in [0.5, 0.6) is 5.75 Å². The minimum atomic E-state index is -0.536. The quantitative estimate of drug-likeness (QED) is 0.543. The number of fused-ring (bicyclic) bond motifs is 1. The lowest BCUT2D eigenvalue weighted by Gasteiger charge is -2.08. The van der Waals surface area contributed by atoms with E-state index < -0.39 is 5.91 Å². The summed E-state index contributed by atoms with van der Waals surface area (Å²) >= 11 is 0. The van der Waals surface area contributed by atoms with Crippen LogP contribution in [0, 0.1) is 0 Å². The topological polar surface area (TPSA) is 89.2 Å². The number of aryl methyl sites for hydroxylation is 1. The van der Waals surface area contributed by atoms with E-state index in [2.05, 4.69) is 24.3 Å². The number of nitrogens with one attached hydrogen (secondary N) is 1. The molecule has 7 heteroatoms. The van der Waals surface area contributed by atoms with E-state index in [9.17, 15) is 14.7 Å². The summed E-state index contributed by atoms with van der Waals surface area (Å²) in [4.78, 5) is 24.6. The Bertz CT molecular complexity index is 1320. The lowest BCUT2D eigenvalue weighted by molar-refractivity contribution is 0.101. The zero-order chi connectivity index (χ0) is 21.4. The van der Waals surface area contributed by atoms with Gasteiger partial charge in [-0.25, -0.2) is 4.68 Å². The first kappa shape index (κ1) is 19.4. The molecule has 0 saturated heterocycles. The van der Waals surface area contributed by atoms with Crippen LogP contribution in [-0.2, 0) is 7.05 Å². The Hall–Kier alpha value is -3.87. The van der Waals surface area contributed by atoms with E-state index in [1.807, 2.05) is 30.3 Å². The summed E-state index contributed by atoms with van der Waals surface area (Å²) in [5.74, 6) is -0.400. The van der Waals surface area contributed by atoms with E-state index in [4.69, 9.17) is 0 Å². The van der Waals surface area contributed by atoms with E-state index in [0.29, 0.717) is 17.1 Å². The number of carbonyl (C=O) groups excluding carboxylic acids is 1. The van der Waals surface area contributed by atoms with Gasteiger partial charge < -0.3 is 15.0 Å². The largest absolute Gasteiger partial charge is 0.504 e. The first-order valence-corrected chi connectivity index (χ1v) is 9.63. The summed E-state index contributed by atoms with van der Waals surface area (Å²) in [6.45, 7) is 4.19. The van der Waals surface area contributed by atoms with E-state index in [1.54, 1.807) is 25.2 Å². The average molecular weight is 402 g/mol. The van der Waals surface area contributed by atoms with Gasteiger partial charge >= 0.3 is 0 Å². The number of amides is 1. The number of nitrogens with zero attached hydrogens (tertiary/aromatic N) is 3. The van der Waals surface area contributed by atoms with Crippen molar-refractivity contribution >= 4 is 22.5 Å². The monoisotopic (exact) mass is 402 g/mol. The van der Waals surface area contributed by atoms with Crippen LogP contribution in [0.3, 0.4) is 0 Å². The third-order valence-electron chi connectivity index (χ3n) is 5.10. The molecule has 1 amide bonds. The first-order chi connectivity index (χ1) is 14.3. The molecule has 30 heavy (non-hydrogen) atoms. The molecule has 152 valence electrons. The molecule has 7 nitrogen and oxygen atoms in total. The molecule has 0 unspecified atom stereocenters. The van der Waals surface area contributed by atoms with Gasteiger partial charge in [-0.1, -0.05) is 32.0 Å². The van der Waals surface area contributed by atoms with Gasteiger partial charge in [0.05, 0.1) is 17.4 Å². The van der Waals surface area contributed by atoms with Gasteiger partial charge in [-0.2, -0.15) is 5.10 Å². The van der Waals surface area contributed by atoms with E-state index in [1.165, 1.54) is 21.5 Å². The Morgan fingerprint density at radius 1 is 1.10 bits per heavy atom. The highest BCUT2D eigenvalue weighted by molar-refractivity contribution is 6.05. The fourth-order valence-electron chi connectivity index (χ4n) is 3.32. The van der Waals surface area contributed by atoms with Crippen molar-refractivity contribution in [2.75, 3.05) is 5.32 Å². The zero-order valence-electron chi connectivity index (χ0n) is 17.0. The minimum Gasteiger partial charge on any atom is -0.504 e. The van der Waals surface area contributed by atoms with Crippen LogP contribution in [0.25, 0.3) is 16.6 Å². The number of benzene rings is 2. The second-order valence-electron chi connectivity index (χ2n) is 7.52. The summed E-state index contributed by atoms with van der Waals surface area (Å²) in [5.41, 5.74) is 2.88. The Balaban J connectivity index is 1.63. The molecule has 0 aliphatic rings. The molecule has 2 aromatic heterocycles. The van der Waals surface area contributed by atoms with Crippen molar-refractivity contribution in [3.63, 3.8) is 0 Å². The Morgan fingerprint density at radius 3 is 2.63 bits per heavy atom. The van der Waals surface area contributed by atoms with Crippen molar-refractivity contribution in [2.45, 2.75) is 19.8 Å². The molecule has 0 atom stereocenters. The van der Waals surface area contributed by atoms with Crippen LogP contribution in [0.2, 0.25) is 0 Å². The normalized spacial score (nSPS) is 11.2. The summed E-state index contributed by atoms with van der Waals surface area (Å²) in [6.07, 6.45) is 1.42. The van der Waals surface area contributed by atoms with Crippen LogP contribution in [0.4, 0.5) is 5.69 Å². The number of anilines is 1. The minimum absolute atomic E-state index is 0.0769. The molecule has 0 bridgehead atoms. The van der Waals surface area contributed by atoms with Crippen molar-refractivity contribution in [1.82, 2.24) is 14.3 Å². The van der Waals surface area contributed by atoms with Gasteiger partial charge in [-0.05, 0) is 47.2 Å². The number of hydrogen-bond acceptors (Lipinski definition) is 4. The van der Waals surface area contributed by atoms with E-state index in [-0.39, 0.29) is 17.0 Å². The highest BCUT2D eigenvalue weighted by atomic mass is 16.3. The highest BCUT2D eigenvalue weighted by Gasteiger charge is 2.18. The van der Waals surface area contributed by atoms with Crippen LogP contribution in [0.15, 0.2) is 65.6 Å². The highest BCUT2D eigenvalue weighted by Crippen LogP contribution is 2.23. The Kier molecular flexibility index (Phi) is 4.87. The van der Waals surface area contributed by atoms with Crippen LogP contribution >= 0.6 is 0 Å². The molecular formula is C23H22N4O3. The smallest absolute Gasteiger partial charge is 0.280 e. The molecule has 0 aliphatic heterocycles. The van der Waals surface area contributed by atoms with Crippen LogP contribution in [0.1, 0.15) is 35.8 Å². The van der Waals surface area contributed by atoms with Crippen LogP contribution in [-0.4, -0.2) is 25.4 Å². The lowest BCUT2D eigenvalue weighted by atomic mass is 10.0. The molecule has 0 fully saturated rings. The Labute approximate surface area is 173 Å². The lowest BCUT2D eigenvalue weighted by Crippen LogP contribution is -2.16. The van der Waals surface area contributed by atoms with Gasteiger partial charge in [0, 0.05) is 18.8 Å². The third kappa shape index (κ3) is 3.57. The van der Waals surface area contributed by atoms with Crippen molar-refractivity contribution in [1.29, 1.82) is 0 Å². The number of rotatable bonds is 4. The molecule has 4 rings (SSSR count). The molecule has 2 heterocycles. The van der Waals surface area contributed by atoms with E-state index >= 15 is 0 Å². The summed E-state index contributed by atoms with van der Waals surface area (Å²) in [7, 11) is 1.68. The second kappa shape index (κ2) is 7.51. The predicted molar refractivity (Wildman–Crippen MR) is 116 cm³/mol. The van der Waals surface area contributed by atoms with Gasteiger partial charge in [0.1, 0.15) is 0 Å². The number of hydrogen-bond donors (Lipinski definition) is 2.